The van der Waals surface area contributed by atoms with Crippen molar-refractivity contribution in [3.63, 3.8) is 0 Å². The number of amides is 1. The zero-order valence-corrected chi connectivity index (χ0v) is 25.8. The molecular formula is C32H40ClN3O5S. The Kier molecular flexibility index (Phi) is 8.06. The van der Waals surface area contributed by atoms with Gasteiger partial charge in [-0.3, -0.25) is 4.79 Å². The lowest BCUT2D eigenvalue weighted by Crippen LogP contribution is -2.49. The molecule has 0 saturated heterocycles. The topological polar surface area (TPSA) is 99.2 Å². The number of hydrogen-bond acceptors (Lipinski definition) is 6. The van der Waals surface area contributed by atoms with Gasteiger partial charge in [0.2, 0.25) is 0 Å². The smallest absolute Gasteiger partial charge is 0.304 e. The second-order valence-corrected chi connectivity index (χ2v) is 14.5. The van der Waals surface area contributed by atoms with E-state index in [1.807, 2.05) is 25.1 Å². The van der Waals surface area contributed by atoms with Crippen molar-refractivity contribution in [3.05, 3.63) is 70.3 Å². The van der Waals surface area contributed by atoms with Crippen molar-refractivity contribution in [2.75, 3.05) is 31.1 Å². The van der Waals surface area contributed by atoms with E-state index in [0.717, 1.165) is 42.8 Å². The molecule has 2 aromatic carbocycles. The largest absolute Gasteiger partial charge is 0.490 e. The Balaban J connectivity index is 1.42. The maximum Gasteiger partial charge on any atom is 0.304 e. The number of ether oxygens (including phenoxy) is 1. The number of carbonyl (C=O) groups excluding carboxylic acids is 1. The molecule has 0 radical (unpaired) electrons. The molecule has 8 nitrogen and oxygen atoms in total. The number of aliphatic hydroxyl groups excluding tert-OH is 1. The molecule has 226 valence electrons. The molecule has 1 unspecified atom stereocenters. The zero-order chi connectivity index (χ0) is 29.6. The lowest BCUT2D eigenvalue weighted by atomic mass is 9.68. The average Bonchev–Trinajstić information content (AvgIpc) is 3.07. The number of halogens is 1. The van der Waals surface area contributed by atoms with E-state index in [0.29, 0.717) is 31.9 Å². The summed E-state index contributed by atoms with van der Waals surface area (Å²) in [6, 6.07) is 11.0. The summed E-state index contributed by atoms with van der Waals surface area (Å²) in [5.41, 5.74) is 3.28. The highest BCUT2D eigenvalue weighted by atomic mass is 35.5. The van der Waals surface area contributed by atoms with Gasteiger partial charge in [0.05, 0.1) is 18.4 Å². The molecule has 2 aliphatic carbocycles. The van der Waals surface area contributed by atoms with Crippen LogP contribution in [-0.4, -0.2) is 62.1 Å². The minimum atomic E-state index is -4.09. The van der Waals surface area contributed by atoms with E-state index in [9.17, 15) is 18.3 Å². The summed E-state index contributed by atoms with van der Waals surface area (Å²) in [5, 5.41) is 11.9. The van der Waals surface area contributed by atoms with Crippen LogP contribution in [0.3, 0.4) is 0 Å². The molecule has 2 heterocycles. The third-order valence-electron chi connectivity index (χ3n) is 9.81. The maximum absolute atomic E-state index is 13.4. The number of anilines is 1. The van der Waals surface area contributed by atoms with Gasteiger partial charge >= 0.3 is 10.2 Å². The molecule has 0 aromatic heterocycles. The predicted molar refractivity (Wildman–Crippen MR) is 164 cm³/mol. The van der Waals surface area contributed by atoms with Crippen molar-refractivity contribution >= 4 is 33.4 Å². The van der Waals surface area contributed by atoms with Crippen LogP contribution in [0.2, 0.25) is 5.02 Å². The Morgan fingerprint density at radius 1 is 1.19 bits per heavy atom. The molecule has 2 aliphatic heterocycles. The van der Waals surface area contributed by atoms with E-state index in [1.165, 1.54) is 15.4 Å². The highest BCUT2D eigenvalue weighted by Crippen LogP contribution is 2.46. The Bertz CT molecular complexity index is 1500. The fraction of sp³-hybridized carbons (Fsp3) is 0.531. The minimum absolute atomic E-state index is 0.114. The van der Waals surface area contributed by atoms with Gasteiger partial charge in [-0.2, -0.15) is 12.7 Å². The van der Waals surface area contributed by atoms with Gasteiger partial charge in [0.15, 0.2) is 0 Å². The molecule has 2 bridgehead atoms. The van der Waals surface area contributed by atoms with E-state index in [-0.39, 0.29) is 35.4 Å². The summed E-state index contributed by atoms with van der Waals surface area (Å²) in [4.78, 5) is 15.7. The van der Waals surface area contributed by atoms with Gasteiger partial charge in [0.25, 0.3) is 5.91 Å². The second-order valence-electron chi connectivity index (χ2n) is 12.4. The van der Waals surface area contributed by atoms with Gasteiger partial charge in [0, 0.05) is 41.7 Å². The summed E-state index contributed by atoms with van der Waals surface area (Å²) >= 11 is 6.38. The van der Waals surface area contributed by atoms with Crippen LogP contribution in [0.25, 0.3) is 0 Å². The molecule has 5 atom stereocenters. The van der Waals surface area contributed by atoms with Crippen LogP contribution < -0.4 is 14.4 Å². The van der Waals surface area contributed by atoms with Crippen LogP contribution in [0, 0.1) is 11.8 Å². The van der Waals surface area contributed by atoms with E-state index >= 15 is 0 Å². The van der Waals surface area contributed by atoms with E-state index in [1.54, 1.807) is 25.1 Å². The monoisotopic (exact) mass is 613 g/mol. The number of aryl methyl sites for hydroxylation is 1. The van der Waals surface area contributed by atoms with Gasteiger partial charge in [-0.15, -0.1) is 0 Å². The standard InChI is InChI=1S/C32H40ClN3O5S/c1-3-36-21(2)6-4-8-29(37)26-12-9-24(26)18-35-19-32(15-5-7-22-16-25(33)11-13-27(22)32)20-41-30-14-10-23(17-28(30)35)31(38)34-42(36,39)40/h4,8,10-11,13-14,16-17,21,24,26,29,37H,3,5-7,9,12,15,18-20H2,1-2H3,(H,34,38)/b8-4+/t21-,24+,26-,29?,32+/m1/s1. The molecule has 2 aromatic rings. The molecule has 6 rings (SSSR count). The average molecular weight is 614 g/mol. The quantitative estimate of drug-likeness (QED) is 0.447. The molecule has 4 aliphatic rings. The molecule has 2 N–H and O–H groups in total. The normalized spacial score (nSPS) is 32.0. The Morgan fingerprint density at radius 2 is 2.02 bits per heavy atom. The molecule has 10 heteroatoms. The first kappa shape index (κ1) is 29.5. The molecule has 1 fully saturated rings. The molecule has 42 heavy (non-hydrogen) atoms. The van der Waals surface area contributed by atoms with Crippen molar-refractivity contribution in [3.8, 4) is 5.75 Å². The summed E-state index contributed by atoms with van der Waals surface area (Å²) in [6.45, 7) is 5.67. The highest BCUT2D eigenvalue weighted by Gasteiger charge is 2.44. The number of fused-ring (bicyclic) bond motifs is 4. The van der Waals surface area contributed by atoms with E-state index in [2.05, 4.69) is 21.8 Å². The number of carbonyl (C=O) groups is 1. The first-order valence-electron chi connectivity index (χ1n) is 15.1. The van der Waals surface area contributed by atoms with Crippen molar-refractivity contribution in [1.82, 2.24) is 9.03 Å². The zero-order valence-electron chi connectivity index (χ0n) is 24.3. The van der Waals surface area contributed by atoms with Gasteiger partial charge < -0.3 is 14.7 Å². The Labute approximate surface area is 253 Å². The fourth-order valence-electron chi connectivity index (χ4n) is 7.44. The van der Waals surface area contributed by atoms with Gasteiger partial charge in [0.1, 0.15) is 5.75 Å². The van der Waals surface area contributed by atoms with Crippen LogP contribution in [0.5, 0.6) is 5.75 Å². The van der Waals surface area contributed by atoms with Gasteiger partial charge in [-0.25, -0.2) is 4.72 Å². The molecule has 1 saturated carbocycles. The highest BCUT2D eigenvalue weighted by molar-refractivity contribution is 7.87. The summed E-state index contributed by atoms with van der Waals surface area (Å²) in [7, 11) is -4.09. The van der Waals surface area contributed by atoms with Gasteiger partial charge in [-0.05, 0) is 98.7 Å². The van der Waals surface area contributed by atoms with Crippen molar-refractivity contribution in [1.29, 1.82) is 0 Å². The number of nitrogens with zero attached hydrogens (tertiary/aromatic N) is 2. The number of nitrogens with one attached hydrogen (secondary N) is 1. The van der Waals surface area contributed by atoms with Crippen molar-refractivity contribution in [2.45, 2.75) is 69.9 Å². The van der Waals surface area contributed by atoms with Crippen LogP contribution in [0.15, 0.2) is 48.6 Å². The van der Waals surface area contributed by atoms with Crippen LogP contribution in [0.1, 0.15) is 67.4 Å². The Morgan fingerprint density at radius 3 is 2.79 bits per heavy atom. The fourth-order valence-corrected chi connectivity index (χ4v) is 9.00. The number of hydrogen-bond donors (Lipinski definition) is 2. The second kappa shape index (κ2) is 11.5. The van der Waals surface area contributed by atoms with Crippen LogP contribution in [0.4, 0.5) is 5.69 Å². The van der Waals surface area contributed by atoms with Crippen LogP contribution >= 0.6 is 11.6 Å². The minimum Gasteiger partial charge on any atom is -0.490 e. The van der Waals surface area contributed by atoms with E-state index in [4.69, 9.17) is 16.3 Å². The Hall–Kier alpha value is -2.59. The number of aliphatic hydroxyl groups is 1. The van der Waals surface area contributed by atoms with Crippen molar-refractivity contribution < 1.29 is 23.1 Å². The first-order valence-corrected chi connectivity index (χ1v) is 16.9. The summed E-state index contributed by atoms with van der Waals surface area (Å²) in [6.07, 6.45) is 8.43. The van der Waals surface area contributed by atoms with Gasteiger partial charge in [-0.1, -0.05) is 36.7 Å². The number of rotatable bonds is 1. The third kappa shape index (κ3) is 5.45. The van der Waals surface area contributed by atoms with E-state index < -0.39 is 22.2 Å². The first-order chi connectivity index (χ1) is 20.1. The third-order valence-corrected chi connectivity index (χ3v) is 11.7. The summed E-state index contributed by atoms with van der Waals surface area (Å²) < 4.78 is 36.7. The molecule has 1 spiro atoms. The SMILES string of the molecule is CCN1[C@H](C)C/C=C/C(O)[C@@H]2CC[C@H]2CN2C[C@@]3(CCCc4cc(Cl)ccc43)COc3ccc(cc32)C(=O)NS1(=O)=O. The number of benzene rings is 2. The molecular weight excluding hydrogens is 574 g/mol. The maximum atomic E-state index is 13.4. The predicted octanol–water partition coefficient (Wildman–Crippen LogP) is 4.85. The van der Waals surface area contributed by atoms with Crippen molar-refractivity contribution in [2.24, 2.45) is 11.8 Å². The lowest BCUT2D eigenvalue weighted by molar-refractivity contribution is 0.0455. The molecule has 1 amide bonds. The summed E-state index contributed by atoms with van der Waals surface area (Å²) in [5.74, 6) is 0.396. The lowest BCUT2D eigenvalue weighted by Gasteiger charge is -2.45. The van der Waals surface area contributed by atoms with Crippen LogP contribution in [-0.2, 0) is 22.0 Å².